The number of phenolic OH excluding ortho intramolecular Hbond substituents is 1. The maximum Gasteiger partial charge on any atom is 0.336 e. The molecule has 0 aliphatic heterocycles. The number of carboxylic acids is 1. The third-order valence-electron chi connectivity index (χ3n) is 1.27. The van der Waals surface area contributed by atoms with Gasteiger partial charge in [0.25, 0.3) is 0 Å². The molecule has 0 atom stereocenters. The van der Waals surface area contributed by atoms with Gasteiger partial charge >= 0.3 is 5.97 Å². The van der Waals surface area contributed by atoms with Crippen molar-refractivity contribution in [2.24, 2.45) is 0 Å². The first-order valence-electron chi connectivity index (χ1n) is 2.93. The van der Waals surface area contributed by atoms with Gasteiger partial charge in [0.05, 0.1) is 9.13 Å². The molecular formula is C7H4BrIO3. The van der Waals surface area contributed by atoms with E-state index in [4.69, 9.17) is 5.11 Å². The quantitative estimate of drug-likeness (QED) is 0.771. The van der Waals surface area contributed by atoms with Crippen molar-refractivity contribution in [1.82, 2.24) is 0 Å². The average molecular weight is 343 g/mol. The van der Waals surface area contributed by atoms with E-state index in [1.807, 2.05) is 22.6 Å². The van der Waals surface area contributed by atoms with Gasteiger partial charge in [0, 0.05) is 4.47 Å². The van der Waals surface area contributed by atoms with Gasteiger partial charge < -0.3 is 10.2 Å². The first kappa shape index (κ1) is 9.79. The van der Waals surface area contributed by atoms with Crippen molar-refractivity contribution in [3.63, 3.8) is 0 Å². The molecule has 0 spiro atoms. The van der Waals surface area contributed by atoms with Crippen molar-refractivity contribution in [1.29, 1.82) is 0 Å². The molecule has 2 N–H and O–H groups in total. The van der Waals surface area contributed by atoms with Crippen LogP contribution in [-0.4, -0.2) is 16.2 Å². The van der Waals surface area contributed by atoms with E-state index in [1.165, 1.54) is 12.1 Å². The zero-order valence-electron chi connectivity index (χ0n) is 5.71. The van der Waals surface area contributed by atoms with E-state index in [0.717, 1.165) is 0 Å². The highest BCUT2D eigenvalue weighted by molar-refractivity contribution is 14.1. The van der Waals surface area contributed by atoms with Gasteiger partial charge in [-0.05, 0) is 50.7 Å². The number of aromatic hydroxyl groups is 1. The van der Waals surface area contributed by atoms with Gasteiger partial charge in [0.2, 0.25) is 0 Å². The van der Waals surface area contributed by atoms with Crippen LogP contribution in [0.3, 0.4) is 0 Å². The van der Waals surface area contributed by atoms with Crippen molar-refractivity contribution >= 4 is 44.5 Å². The predicted molar refractivity (Wildman–Crippen MR) is 55.5 cm³/mol. The first-order chi connectivity index (χ1) is 5.52. The van der Waals surface area contributed by atoms with Crippen molar-refractivity contribution < 1.29 is 15.0 Å². The fourth-order valence-electron chi connectivity index (χ4n) is 0.700. The molecule has 0 heterocycles. The lowest BCUT2D eigenvalue weighted by molar-refractivity contribution is 0.0696. The second-order valence-electron chi connectivity index (χ2n) is 2.09. The smallest absolute Gasteiger partial charge is 0.336 e. The van der Waals surface area contributed by atoms with Crippen LogP contribution in [0.1, 0.15) is 10.4 Å². The van der Waals surface area contributed by atoms with E-state index in [1.54, 1.807) is 0 Å². The Morgan fingerprint density at radius 1 is 1.50 bits per heavy atom. The Hall–Kier alpha value is -0.300. The number of carbonyl (C=O) groups is 1. The van der Waals surface area contributed by atoms with E-state index in [9.17, 15) is 9.90 Å². The lowest BCUT2D eigenvalue weighted by atomic mass is 10.2. The molecule has 1 aromatic rings. The summed E-state index contributed by atoms with van der Waals surface area (Å²) in [4.78, 5) is 10.6. The second-order valence-corrected chi connectivity index (χ2v) is 4.11. The summed E-state index contributed by atoms with van der Waals surface area (Å²) in [6, 6.07) is 2.77. The minimum absolute atomic E-state index is 0.0764. The van der Waals surface area contributed by atoms with Crippen LogP contribution in [-0.2, 0) is 0 Å². The van der Waals surface area contributed by atoms with Crippen LogP contribution < -0.4 is 0 Å². The van der Waals surface area contributed by atoms with Crippen molar-refractivity contribution in [3.05, 3.63) is 25.7 Å². The molecule has 0 unspecified atom stereocenters. The molecule has 0 saturated heterocycles. The normalized spacial score (nSPS) is 9.83. The van der Waals surface area contributed by atoms with E-state index < -0.39 is 5.97 Å². The van der Waals surface area contributed by atoms with E-state index in [-0.39, 0.29) is 11.3 Å². The fourth-order valence-corrected chi connectivity index (χ4v) is 1.67. The van der Waals surface area contributed by atoms with Gasteiger partial charge in [-0.15, -0.1) is 0 Å². The molecule has 0 fully saturated rings. The minimum atomic E-state index is -1.01. The molecule has 0 aromatic heterocycles. The zero-order valence-corrected chi connectivity index (χ0v) is 9.46. The number of benzene rings is 1. The number of rotatable bonds is 1. The van der Waals surface area contributed by atoms with Crippen LogP contribution in [0.2, 0.25) is 0 Å². The molecular weight excluding hydrogens is 339 g/mol. The molecule has 64 valence electrons. The molecule has 0 aliphatic rings. The Bertz CT molecular complexity index is 338. The molecule has 0 radical (unpaired) electrons. The van der Waals surface area contributed by atoms with E-state index in [0.29, 0.717) is 8.04 Å². The number of hydrogen-bond donors (Lipinski definition) is 2. The number of aromatic carboxylic acids is 1. The van der Waals surface area contributed by atoms with Gasteiger partial charge in [-0.1, -0.05) is 0 Å². The summed E-state index contributed by atoms with van der Waals surface area (Å²) in [5, 5.41) is 17.8. The molecule has 3 nitrogen and oxygen atoms in total. The van der Waals surface area contributed by atoms with Gasteiger partial charge in [-0.3, -0.25) is 0 Å². The number of hydrogen-bond acceptors (Lipinski definition) is 2. The third-order valence-corrected chi connectivity index (χ3v) is 2.79. The lowest BCUT2D eigenvalue weighted by Crippen LogP contribution is -1.97. The number of phenols is 1. The maximum atomic E-state index is 10.6. The molecule has 12 heavy (non-hydrogen) atoms. The van der Waals surface area contributed by atoms with Gasteiger partial charge in [0.15, 0.2) is 0 Å². The molecule has 0 amide bonds. The van der Waals surface area contributed by atoms with E-state index >= 15 is 0 Å². The Labute approximate surface area is 90.7 Å². The summed E-state index contributed by atoms with van der Waals surface area (Å²) in [5.41, 5.74) is 0.150. The van der Waals surface area contributed by atoms with Crippen LogP contribution in [0.15, 0.2) is 16.6 Å². The minimum Gasteiger partial charge on any atom is -0.507 e. The Morgan fingerprint density at radius 2 is 2.08 bits per heavy atom. The first-order valence-corrected chi connectivity index (χ1v) is 4.81. The highest BCUT2D eigenvalue weighted by Gasteiger charge is 2.10. The van der Waals surface area contributed by atoms with Crippen molar-refractivity contribution in [2.75, 3.05) is 0 Å². The highest BCUT2D eigenvalue weighted by atomic mass is 127. The predicted octanol–water partition coefficient (Wildman–Crippen LogP) is 2.46. The van der Waals surface area contributed by atoms with Crippen LogP contribution in [0.5, 0.6) is 5.75 Å². The Kier molecular flexibility index (Phi) is 2.94. The summed E-state index contributed by atoms with van der Waals surface area (Å²) in [5.74, 6) is -0.938. The maximum absolute atomic E-state index is 10.6. The van der Waals surface area contributed by atoms with Crippen molar-refractivity contribution in [3.8, 4) is 5.75 Å². The average Bonchev–Trinajstić information content (AvgIpc) is 1.96. The van der Waals surface area contributed by atoms with E-state index in [2.05, 4.69) is 15.9 Å². The van der Waals surface area contributed by atoms with Gasteiger partial charge in [-0.2, -0.15) is 0 Å². The van der Waals surface area contributed by atoms with Gasteiger partial charge in [0.1, 0.15) is 5.75 Å². The molecule has 0 saturated carbocycles. The third kappa shape index (κ3) is 1.89. The monoisotopic (exact) mass is 342 g/mol. The summed E-state index contributed by atoms with van der Waals surface area (Å²) in [6.45, 7) is 0. The lowest BCUT2D eigenvalue weighted by Gasteiger charge is -2.01. The molecule has 5 heteroatoms. The summed E-state index contributed by atoms with van der Waals surface area (Å²) in [7, 11) is 0. The number of carboxylic acid groups (broad SMARTS) is 1. The van der Waals surface area contributed by atoms with Gasteiger partial charge in [-0.25, -0.2) is 4.79 Å². The molecule has 0 aliphatic carbocycles. The standard InChI is InChI=1S/C7H4BrIO3/c8-4-2-6(10)5(9)1-3(4)7(11)12/h1-2,10H,(H,11,12). The second kappa shape index (κ2) is 3.61. The Morgan fingerprint density at radius 3 is 2.58 bits per heavy atom. The van der Waals surface area contributed by atoms with Crippen LogP contribution in [0.25, 0.3) is 0 Å². The SMILES string of the molecule is O=C(O)c1cc(I)c(O)cc1Br. The van der Waals surface area contributed by atoms with Crippen molar-refractivity contribution in [2.45, 2.75) is 0 Å². The highest BCUT2D eigenvalue weighted by Crippen LogP contribution is 2.27. The molecule has 0 bridgehead atoms. The summed E-state index contributed by atoms with van der Waals surface area (Å²) in [6.07, 6.45) is 0. The fraction of sp³-hybridized carbons (Fsp3) is 0. The largest absolute Gasteiger partial charge is 0.507 e. The zero-order chi connectivity index (χ0) is 9.30. The Balaban J connectivity index is 3.33. The topological polar surface area (TPSA) is 57.5 Å². The molecule has 1 rings (SSSR count). The summed E-state index contributed by atoms with van der Waals surface area (Å²) < 4.78 is 0.904. The summed E-state index contributed by atoms with van der Waals surface area (Å²) >= 11 is 4.90. The van der Waals surface area contributed by atoms with Crippen LogP contribution in [0.4, 0.5) is 0 Å². The number of halogens is 2. The molecule has 1 aromatic carbocycles. The van der Waals surface area contributed by atoms with Crippen LogP contribution >= 0.6 is 38.5 Å². The van der Waals surface area contributed by atoms with Crippen LogP contribution in [0, 0.1) is 3.57 Å².